The molecule has 1 amide bonds. The number of carbonyl (C=O) groups excluding carboxylic acids is 1. The monoisotopic (exact) mass is 448 g/mol. The fourth-order valence-electron chi connectivity index (χ4n) is 3.00. The SMILES string of the molecule is CCc1c(C(=O)O)ccc([N+](=O)[O-])c1NC(=O)CCCCc1ccccc1Br. The molecule has 0 aliphatic heterocycles. The van der Waals surface area contributed by atoms with Crippen molar-refractivity contribution in [1.29, 1.82) is 0 Å². The third kappa shape index (κ3) is 5.39. The highest BCUT2D eigenvalue weighted by atomic mass is 79.9. The predicted molar refractivity (Wildman–Crippen MR) is 110 cm³/mol. The van der Waals surface area contributed by atoms with Crippen LogP contribution in [0.1, 0.15) is 47.7 Å². The quantitative estimate of drug-likeness (QED) is 0.319. The lowest BCUT2D eigenvalue weighted by Crippen LogP contribution is -2.16. The van der Waals surface area contributed by atoms with Crippen LogP contribution >= 0.6 is 15.9 Å². The number of rotatable bonds is 9. The molecule has 8 heteroatoms. The van der Waals surface area contributed by atoms with E-state index in [-0.39, 0.29) is 41.3 Å². The van der Waals surface area contributed by atoms with Crippen LogP contribution in [0.4, 0.5) is 11.4 Å². The third-order valence-corrected chi connectivity index (χ3v) is 5.17. The lowest BCUT2D eigenvalue weighted by Gasteiger charge is -2.13. The molecule has 0 aliphatic carbocycles. The average Bonchev–Trinajstić information content (AvgIpc) is 2.65. The second-order valence-electron chi connectivity index (χ2n) is 6.25. The first-order chi connectivity index (χ1) is 13.3. The number of nitrogens with zero attached hydrogens (tertiary/aromatic N) is 1. The molecule has 28 heavy (non-hydrogen) atoms. The number of unbranched alkanes of at least 4 members (excludes halogenated alkanes) is 1. The standard InChI is InChI=1S/C20H21BrN2O5/c1-2-14-15(20(25)26)11-12-17(23(27)28)19(14)22-18(24)10-6-4-8-13-7-3-5-9-16(13)21/h3,5,7,9,11-12H,2,4,6,8,10H2,1H3,(H,22,24)(H,25,26). The molecule has 0 heterocycles. The Morgan fingerprint density at radius 2 is 1.89 bits per heavy atom. The Hall–Kier alpha value is -2.74. The van der Waals surface area contributed by atoms with Crippen molar-refractivity contribution in [2.45, 2.75) is 39.0 Å². The maximum Gasteiger partial charge on any atom is 0.336 e. The van der Waals surface area contributed by atoms with Gasteiger partial charge in [-0.1, -0.05) is 41.1 Å². The molecule has 0 aromatic heterocycles. The number of carbonyl (C=O) groups is 2. The Labute approximate surface area is 171 Å². The van der Waals surface area contributed by atoms with Gasteiger partial charge in [-0.25, -0.2) is 4.79 Å². The van der Waals surface area contributed by atoms with Gasteiger partial charge in [-0.15, -0.1) is 0 Å². The largest absolute Gasteiger partial charge is 0.478 e. The molecule has 2 rings (SSSR count). The van der Waals surface area contributed by atoms with Gasteiger partial charge in [0.25, 0.3) is 5.69 Å². The normalized spacial score (nSPS) is 10.5. The predicted octanol–water partition coefficient (Wildman–Crippen LogP) is 4.97. The average molecular weight is 449 g/mol. The van der Waals surface area contributed by atoms with Crippen molar-refractivity contribution in [3.8, 4) is 0 Å². The van der Waals surface area contributed by atoms with Crippen LogP contribution in [0.15, 0.2) is 40.9 Å². The zero-order valence-corrected chi connectivity index (χ0v) is 17.0. The van der Waals surface area contributed by atoms with Crippen LogP contribution < -0.4 is 5.32 Å². The van der Waals surface area contributed by atoms with E-state index in [9.17, 15) is 24.8 Å². The molecule has 0 radical (unpaired) electrons. The van der Waals surface area contributed by atoms with Gasteiger partial charge in [0.15, 0.2) is 0 Å². The van der Waals surface area contributed by atoms with Crippen molar-refractivity contribution in [3.05, 3.63) is 67.7 Å². The van der Waals surface area contributed by atoms with Gasteiger partial charge in [0.05, 0.1) is 10.5 Å². The van der Waals surface area contributed by atoms with E-state index in [0.717, 1.165) is 28.9 Å². The number of carboxylic acids is 1. The number of halogens is 1. The molecule has 0 saturated carbocycles. The van der Waals surface area contributed by atoms with Crippen LogP contribution in [0.5, 0.6) is 0 Å². The van der Waals surface area contributed by atoms with Crippen LogP contribution in [-0.4, -0.2) is 21.9 Å². The Morgan fingerprint density at radius 1 is 1.18 bits per heavy atom. The molecule has 0 fully saturated rings. The van der Waals surface area contributed by atoms with E-state index < -0.39 is 10.9 Å². The number of carboxylic acid groups (broad SMARTS) is 1. The highest BCUT2D eigenvalue weighted by Crippen LogP contribution is 2.32. The summed E-state index contributed by atoms with van der Waals surface area (Å²) in [6.07, 6.45) is 2.65. The minimum atomic E-state index is -1.18. The van der Waals surface area contributed by atoms with Crippen LogP contribution in [0.2, 0.25) is 0 Å². The Bertz CT molecular complexity index is 898. The van der Waals surface area contributed by atoms with Crippen LogP contribution in [0.25, 0.3) is 0 Å². The topological polar surface area (TPSA) is 110 Å². The maximum atomic E-state index is 12.3. The fourth-order valence-corrected chi connectivity index (χ4v) is 3.48. The van der Waals surface area contributed by atoms with Crippen molar-refractivity contribution >= 4 is 39.2 Å². The molecule has 2 aromatic carbocycles. The van der Waals surface area contributed by atoms with Crippen LogP contribution in [0, 0.1) is 10.1 Å². The molecule has 2 aromatic rings. The number of aromatic carboxylic acids is 1. The summed E-state index contributed by atoms with van der Waals surface area (Å²) in [5.74, 6) is -1.55. The van der Waals surface area contributed by atoms with Gasteiger partial charge < -0.3 is 10.4 Å². The highest BCUT2D eigenvalue weighted by molar-refractivity contribution is 9.10. The second-order valence-corrected chi connectivity index (χ2v) is 7.10. The molecular formula is C20H21BrN2O5. The first kappa shape index (κ1) is 21.6. The Kier molecular flexibility index (Phi) is 7.69. The maximum absolute atomic E-state index is 12.3. The Balaban J connectivity index is 2.06. The zero-order chi connectivity index (χ0) is 20.7. The number of anilines is 1. The van der Waals surface area contributed by atoms with E-state index in [1.807, 2.05) is 24.3 Å². The van der Waals surface area contributed by atoms with E-state index in [1.165, 1.54) is 6.07 Å². The second kappa shape index (κ2) is 9.98. The molecule has 0 spiro atoms. The summed E-state index contributed by atoms with van der Waals surface area (Å²) >= 11 is 3.49. The molecule has 0 unspecified atom stereocenters. The molecule has 0 bridgehead atoms. The number of hydrogen-bond acceptors (Lipinski definition) is 4. The summed E-state index contributed by atoms with van der Waals surface area (Å²) in [4.78, 5) is 34.4. The highest BCUT2D eigenvalue weighted by Gasteiger charge is 2.24. The minimum absolute atomic E-state index is 0.0248. The number of nitro groups is 1. The first-order valence-corrected chi connectivity index (χ1v) is 9.71. The molecule has 0 aliphatic rings. The van der Waals surface area contributed by atoms with Gasteiger partial charge in [0.2, 0.25) is 5.91 Å². The smallest absolute Gasteiger partial charge is 0.336 e. The van der Waals surface area contributed by atoms with E-state index in [1.54, 1.807) is 6.92 Å². The van der Waals surface area contributed by atoms with Crippen LogP contribution in [-0.2, 0) is 17.6 Å². The van der Waals surface area contributed by atoms with Crippen molar-refractivity contribution in [3.63, 3.8) is 0 Å². The van der Waals surface area contributed by atoms with Gasteiger partial charge >= 0.3 is 5.97 Å². The first-order valence-electron chi connectivity index (χ1n) is 8.92. The molecule has 7 nitrogen and oxygen atoms in total. The third-order valence-electron chi connectivity index (χ3n) is 4.39. The van der Waals surface area contributed by atoms with Gasteiger partial charge in [-0.2, -0.15) is 0 Å². The van der Waals surface area contributed by atoms with Gasteiger partial charge in [-0.05, 0) is 48.9 Å². The van der Waals surface area contributed by atoms with Gasteiger partial charge in [0.1, 0.15) is 5.69 Å². The lowest BCUT2D eigenvalue weighted by atomic mass is 10.0. The number of nitro benzene ring substituents is 1. The van der Waals surface area contributed by atoms with Crippen molar-refractivity contribution in [1.82, 2.24) is 0 Å². The van der Waals surface area contributed by atoms with E-state index in [2.05, 4.69) is 21.2 Å². The number of nitrogens with one attached hydrogen (secondary N) is 1. The van der Waals surface area contributed by atoms with Gasteiger partial charge in [0, 0.05) is 17.0 Å². The fraction of sp³-hybridized carbons (Fsp3) is 0.300. The molecule has 148 valence electrons. The number of aryl methyl sites for hydroxylation is 1. The van der Waals surface area contributed by atoms with Crippen molar-refractivity contribution < 1.29 is 19.6 Å². The number of amides is 1. The summed E-state index contributed by atoms with van der Waals surface area (Å²) in [6, 6.07) is 10.2. The molecule has 2 N–H and O–H groups in total. The Morgan fingerprint density at radius 3 is 2.50 bits per heavy atom. The lowest BCUT2D eigenvalue weighted by molar-refractivity contribution is -0.384. The van der Waals surface area contributed by atoms with E-state index >= 15 is 0 Å². The summed E-state index contributed by atoms with van der Waals surface area (Å²) in [6.45, 7) is 1.69. The van der Waals surface area contributed by atoms with Crippen molar-refractivity contribution in [2.24, 2.45) is 0 Å². The van der Waals surface area contributed by atoms with E-state index in [4.69, 9.17) is 0 Å². The van der Waals surface area contributed by atoms with Gasteiger partial charge in [-0.3, -0.25) is 14.9 Å². The minimum Gasteiger partial charge on any atom is -0.478 e. The number of hydrogen-bond donors (Lipinski definition) is 2. The molecule has 0 saturated heterocycles. The molecule has 0 atom stereocenters. The zero-order valence-electron chi connectivity index (χ0n) is 15.4. The molecular weight excluding hydrogens is 428 g/mol. The summed E-state index contributed by atoms with van der Waals surface area (Å²) in [5.41, 5.74) is 1.04. The van der Waals surface area contributed by atoms with E-state index in [0.29, 0.717) is 6.42 Å². The number of benzene rings is 2. The summed E-state index contributed by atoms with van der Waals surface area (Å²) < 4.78 is 1.02. The van der Waals surface area contributed by atoms with Crippen molar-refractivity contribution in [2.75, 3.05) is 5.32 Å². The van der Waals surface area contributed by atoms with Crippen LogP contribution in [0.3, 0.4) is 0 Å². The summed E-state index contributed by atoms with van der Waals surface area (Å²) in [7, 11) is 0. The summed E-state index contributed by atoms with van der Waals surface area (Å²) in [5, 5.41) is 23.2.